The van der Waals surface area contributed by atoms with Crippen molar-refractivity contribution in [2.45, 2.75) is 30.5 Å². The standard InChI is InChI=1S/C22H26FN5O3S2/c1-25(2)33(30,31)20-7-3-5-16(13-20)21-24-27(15-26-12-4-6-19(29)14-26)22(32)28(21)18-10-8-17(23)9-11-18/h3,5,7-11,13,19,29H,4,6,12,14-15H2,1-2H3/p+1/t19-/m0/s1. The van der Waals surface area contributed by atoms with Crippen molar-refractivity contribution in [3.05, 3.63) is 59.1 Å². The van der Waals surface area contributed by atoms with Crippen LogP contribution >= 0.6 is 12.2 Å². The van der Waals surface area contributed by atoms with E-state index in [9.17, 15) is 17.9 Å². The van der Waals surface area contributed by atoms with Crippen LogP contribution < -0.4 is 4.90 Å². The molecule has 3 aromatic rings. The normalized spacial score (nSPS) is 19.2. The Morgan fingerprint density at radius 3 is 2.64 bits per heavy atom. The van der Waals surface area contributed by atoms with E-state index in [0.717, 1.165) is 28.6 Å². The number of rotatable bonds is 6. The number of nitrogens with one attached hydrogen (secondary N) is 1. The summed E-state index contributed by atoms with van der Waals surface area (Å²) in [6.45, 7) is 1.97. The molecular weight excluding hydrogens is 465 g/mol. The molecule has 1 saturated heterocycles. The molecule has 11 heteroatoms. The maximum atomic E-state index is 13.6. The van der Waals surface area contributed by atoms with Crippen molar-refractivity contribution >= 4 is 22.2 Å². The lowest BCUT2D eigenvalue weighted by atomic mass is 10.1. The number of likely N-dealkylation sites (tertiary alicyclic amines) is 1. The molecule has 0 saturated carbocycles. The van der Waals surface area contributed by atoms with Crippen LogP contribution in [0.1, 0.15) is 12.8 Å². The molecule has 1 aliphatic heterocycles. The second-order valence-corrected chi connectivity index (χ2v) is 10.9. The fourth-order valence-corrected chi connectivity index (χ4v) is 5.25. The molecule has 8 nitrogen and oxygen atoms in total. The third-order valence-electron chi connectivity index (χ3n) is 5.76. The van der Waals surface area contributed by atoms with E-state index in [1.165, 1.54) is 32.3 Å². The van der Waals surface area contributed by atoms with Gasteiger partial charge >= 0.3 is 0 Å². The molecule has 176 valence electrons. The minimum Gasteiger partial charge on any atom is -0.387 e. The second-order valence-electron chi connectivity index (χ2n) is 8.39. The Morgan fingerprint density at radius 2 is 1.97 bits per heavy atom. The lowest BCUT2D eigenvalue weighted by Gasteiger charge is -2.26. The van der Waals surface area contributed by atoms with Crippen molar-refractivity contribution in [2.75, 3.05) is 27.2 Å². The van der Waals surface area contributed by atoms with Gasteiger partial charge < -0.3 is 10.0 Å². The summed E-state index contributed by atoms with van der Waals surface area (Å²) in [6, 6.07) is 12.4. The fraction of sp³-hybridized carbons (Fsp3) is 0.364. The summed E-state index contributed by atoms with van der Waals surface area (Å²) in [4.78, 5) is 1.30. The van der Waals surface area contributed by atoms with Gasteiger partial charge in [0.15, 0.2) is 12.5 Å². The van der Waals surface area contributed by atoms with Gasteiger partial charge in [-0.05, 0) is 61.5 Å². The first-order valence-corrected chi connectivity index (χ1v) is 12.5. The van der Waals surface area contributed by atoms with Gasteiger partial charge in [-0.25, -0.2) is 17.1 Å². The van der Waals surface area contributed by atoms with Crippen LogP contribution in [0.5, 0.6) is 0 Å². The van der Waals surface area contributed by atoms with Crippen molar-refractivity contribution in [2.24, 2.45) is 0 Å². The van der Waals surface area contributed by atoms with E-state index >= 15 is 0 Å². The Kier molecular flexibility index (Phi) is 6.78. The Hall–Kier alpha value is -2.44. The number of halogens is 1. The molecule has 0 radical (unpaired) electrons. The molecule has 33 heavy (non-hydrogen) atoms. The van der Waals surface area contributed by atoms with E-state index in [2.05, 4.69) is 0 Å². The summed E-state index contributed by atoms with van der Waals surface area (Å²) < 4.78 is 43.9. The molecular formula is C22H27FN5O3S2+. The summed E-state index contributed by atoms with van der Waals surface area (Å²) in [6.07, 6.45) is 1.35. The summed E-state index contributed by atoms with van der Waals surface area (Å²) in [5.74, 6) is 0.0874. The Balaban J connectivity index is 1.83. The van der Waals surface area contributed by atoms with Crippen molar-refractivity contribution in [1.82, 2.24) is 18.7 Å². The largest absolute Gasteiger partial charge is 0.387 e. The Morgan fingerprint density at radius 1 is 1.24 bits per heavy atom. The molecule has 1 fully saturated rings. The quantitative estimate of drug-likeness (QED) is 0.509. The number of piperidine rings is 1. The zero-order valence-corrected chi connectivity index (χ0v) is 20.1. The highest BCUT2D eigenvalue weighted by Gasteiger charge is 2.24. The van der Waals surface area contributed by atoms with E-state index in [1.54, 1.807) is 39.6 Å². The predicted octanol–water partition coefficient (Wildman–Crippen LogP) is 1.46. The van der Waals surface area contributed by atoms with Gasteiger partial charge in [0.25, 0.3) is 0 Å². The molecule has 1 unspecified atom stereocenters. The molecule has 1 aromatic heterocycles. The van der Waals surface area contributed by atoms with E-state index in [0.29, 0.717) is 35.1 Å². The highest BCUT2D eigenvalue weighted by molar-refractivity contribution is 7.89. The van der Waals surface area contributed by atoms with Gasteiger partial charge in [-0.2, -0.15) is 4.68 Å². The van der Waals surface area contributed by atoms with E-state index < -0.39 is 10.0 Å². The molecule has 4 rings (SSSR count). The molecule has 0 aliphatic carbocycles. The fourth-order valence-electron chi connectivity index (χ4n) is 4.01. The molecule has 2 atom stereocenters. The zero-order valence-electron chi connectivity index (χ0n) is 18.5. The van der Waals surface area contributed by atoms with Gasteiger partial charge in [0.2, 0.25) is 14.8 Å². The van der Waals surface area contributed by atoms with Crippen LogP contribution in [0.15, 0.2) is 53.4 Å². The molecule has 0 amide bonds. The number of hydrogen-bond donors (Lipinski definition) is 2. The van der Waals surface area contributed by atoms with Gasteiger partial charge in [-0.1, -0.05) is 12.1 Å². The van der Waals surface area contributed by atoms with Gasteiger partial charge in [-0.15, -0.1) is 5.10 Å². The number of benzene rings is 2. The summed E-state index contributed by atoms with van der Waals surface area (Å²) in [5, 5.41) is 14.8. The van der Waals surface area contributed by atoms with Gasteiger partial charge in [0.05, 0.1) is 17.1 Å². The smallest absolute Gasteiger partial charge is 0.242 e. The van der Waals surface area contributed by atoms with Crippen molar-refractivity contribution in [1.29, 1.82) is 0 Å². The SMILES string of the molecule is CN(C)S(=O)(=O)c1cccc(-c2nn(C[NH+]3CCC[C@H](O)C3)c(=S)n2-c2ccc(F)cc2)c1. The molecule has 0 spiro atoms. The molecule has 1 aliphatic rings. The number of aromatic nitrogens is 3. The summed E-state index contributed by atoms with van der Waals surface area (Å²) in [7, 11) is -0.683. The first-order valence-electron chi connectivity index (χ1n) is 10.7. The van der Waals surface area contributed by atoms with Crippen LogP contribution in [-0.2, 0) is 16.7 Å². The lowest BCUT2D eigenvalue weighted by molar-refractivity contribution is -0.931. The number of nitrogens with zero attached hydrogens (tertiary/aromatic N) is 4. The number of aliphatic hydroxyl groups excluding tert-OH is 1. The van der Waals surface area contributed by atoms with Crippen LogP contribution in [0.2, 0.25) is 0 Å². The van der Waals surface area contributed by atoms with Crippen LogP contribution in [0.25, 0.3) is 17.1 Å². The predicted molar refractivity (Wildman–Crippen MR) is 125 cm³/mol. The minimum atomic E-state index is -3.64. The number of aliphatic hydroxyl groups is 1. The number of quaternary nitrogens is 1. The minimum absolute atomic E-state index is 0.140. The van der Waals surface area contributed by atoms with Crippen LogP contribution in [0.3, 0.4) is 0 Å². The average Bonchev–Trinajstić information content (AvgIpc) is 3.10. The first-order chi connectivity index (χ1) is 15.7. The van der Waals surface area contributed by atoms with Gasteiger partial charge in [0.1, 0.15) is 18.5 Å². The van der Waals surface area contributed by atoms with Crippen molar-refractivity contribution in [3.63, 3.8) is 0 Å². The topological polar surface area (TPSA) is 84.8 Å². The molecule has 0 bridgehead atoms. The highest BCUT2D eigenvalue weighted by atomic mass is 32.2. The van der Waals surface area contributed by atoms with E-state index in [1.807, 2.05) is 0 Å². The number of sulfonamides is 1. The Bertz CT molecular complexity index is 1300. The van der Waals surface area contributed by atoms with E-state index in [4.69, 9.17) is 17.3 Å². The van der Waals surface area contributed by atoms with E-state index in [-0.39, 0.29) is 16.8 Å². The third kappa shape index (κ3) is 4.92. The highest BCUT2D eigenvalue weighted by Crippen LogP contribution is 2.26. The third-order valence-corrected chi connectivity index (χ3v) is 7.96. The average molecular weight is 493 g/mol. The molecule has 2 aromatic carbocycles. The van der Waals surface area contributed by atoms with Gasteiger partial charge in [0, 0.05) is 19.7 Å². The monoisotopic (exact) mass is 492 g/mol. The second kappa shape index (κ2) is 9.43. The van der Waals surface area contributed by atoms with Crippen LogP contribution in [0, 0.1) is 10.6 Å². The van der Waals surface area contributed by atoms with Crippen LogP contribution in [0.4, 0.5) is 4.39 Å². The summed E-state index contributed by atoms with van der Waals surface area (Å²) >= 11 is 5.74. The molecule has 2 N–H and O–H groups in total. The zero-order chi connectivity index (χ0) is 23.8. The van der Waals surface area contributed by atoms with Gasteiger partial charge in [-0.3, -0.25) is 4.57 Å². The molecule has 2 heterocycles. The van der Waals surface area contributed by atoms with Crippen molar-refractivity contribution < 1.29 is 22.8 Å². The summed E-state index contributed by atoms with van der Waals surface area (Å²) in [5.41, 5.74) is 1.19. The lowest BCUT2D eigenvalue weighted by Crippen LogP contribution is -3.13. The number of hydrogen-bond acceptors (Lipinski definition) is 5. The maximum absolute atomic E-state index is 13.6. The Labute approximate surface area is 197 Å². The van der Waals surface area contributed by atoms with Crippen molar-refractivity contribution in [3.8, 4) is 17.1 Å². The maximum Gasteiger partial charge on any atom is 0.242 e. The first kappa shape index (κ1) is 23.7. The van der Waals surface area contributed by atoms with Crippen LogP contribution in [-0.4, -0.2) is 65.5 Å².